The minimum absolute atomic E-state index is 0.0479. The Labute approximate surface area is 125 Å². The van der Waals surface area contributed by atoms with Crippen LogP contribution >= 0.6 is 0 Å². The average Bonchev–Trinajstić information content (AvgIpc) is 2.85. The quantitative estimate of drug-likeness (QED) is 0.936. The van der Waals surface area contributed by atoms with Crippen LogP contribution < -0.4 is 5.32 Å². The number of carbonyl (C=O) groups is 1. The van der Waals surface area contributed by atoms with Gasteiger partial charge in [0.05, 0.1) is 0 Å². The Morgan fingerprint density at radius 3 is 2.29 bits per heavy atom. The van der Waals surface area contributed by atoms with Crippen molar-refractivity contribution in [3.05, 3.63) is 71.3 Å². The normalized spacial score (nSPS) is 21.8. The minimum atomic E-state index is -0.252. The molecule has 1 N–H and O–H groups in total. The number of hydrogen-bond donors (Lipinski definition) is 1. The average molecular weight is 280 g/mol. The molecule has 0 spiro atoms. The number of nitrogens with one attached hydrogen (secondary N) is 1. The first-order chi connectivity index (χ1) is 10.2. The highest BCUT2D eigenvalue weighted by molar-refractivity contribution is 5.85. The van der Waals surface area contributed by atoms with Crippen LogP contribution in [0.15, 0.2) is 54.6 Å². The highest BCUT2D eigenvalue weighted by atomic mass is 16.2. The number of likely N-dealkylation sites (N-methyl/N-ethyl adjacent to an activating group) is 1. The van der Waals surface area contributed by atoms with E-state index in [1.165, 1.54) is 5.56 Å². The Morgan fingerprint density at radius 1 is 1.00 bits per heavy atom. The lowest BCUT2D eigenvalue weighted by Crippen LogP contribution is -2.29. The third-order valence-electron chi connectivity index (χ3n) is 4.03. The van der Waals surface area contributed by atoms with Gasteiger partial charge >= 0.3 is 0 Å². The van der Waals surface area contributed by atoms with Gasteiger partial charge in [0.2, 0.25) is 5.91 Å². The summed E-state index contributed by atoms with van der Waals surface area (Å²) in [7, 11) is 0. The lowest BCUT2D eigenvalue weighted by Gasteiger charge is -2.22. The second kappa shape index (κ2) is 5.70. The zero-order valence-corrected chi connectivity index (χ0v) is 12.4. The van der Waals surface area contributed by atoms with Crippen LogP contribution in [0.4, 0.5) is 0 Å². The van der Waals surface area contributed by atoms with E-state index in [4.69, 9.17) is 0 Å². The van der Waals surface area contributed by atoms with E-state index in [2.05, 4.69) is 36.5 Å². The highest BCUT2D eigenvalue weighted by Gasteiger charge is 2.39. The number of nitrogens with zero attached hydrogens (tertiary/aromatic N) is 1. The van der Waals surface area contributed by atoms with Crippen molar-refractivity contribution in [1.29, 1.82) is 0 Å². The van der Waals surface area contributed by atoms with Crippen LogP contribution in [0.5, 0.6) is 0 Å². The Kier molecular flexibility index (Phi) is 3.76. The maximum absolute atomic E-state index is 12.7. The summed E-state index contributed by atoms with van der Waals surface area (Å²) in [5, 5.41) is 3.47. The van der Waals surface area contributed by atoms with Gasteiger partial charge in [-0.25, -0.2) is 0 Å². The number of hydrogen-bond acceptors (Lipinski definition) is 2. The van der Waals surface area contributed by atoms with Crippen molar-refractivity contribution >= 4 is 5.91 Å². The third-order valence-corrected chi connectivity index (χ3v) is 4.03. The van der Waals surface area contributed by atoms with E-state index >= 15 is 0 Å². The minimum Gasteiger partial charge on any atom is -0.322 e. The van der Waals surface area contributed by atoms with E-state index in [0.717, 1.165) is 11.1 Å². The van der Waals surface area contributed by atoms with Gasteiger partial charge in [0.15, 0.2) is 0 Å². The van der Waals surface area contributed by atoms with E-state index in [9.17, 15) is 4.79 Å². The van der Waals surface area contributed by atoms with Crippen molar-refractivity contribution in [1.82, 2.24) is 10.2 Å². The summed E-state index contributed by atoms with van der Waals surface area (Å²) >= 11 is 0. The maximum atomic E-state index is 12.7. The number of aryl methyl sites for hydroxylation is 1. The lowest BCUT2D eigenvalue weighted by atomic mass is 10.1. The van der Waals surface area contributed by atoms with Gasteiger partial charge in [0.25, 0.3) is 0 Å². The second-order valence-electron chi connectivity index (χ2n) is 5.45. The highest BCUT2D eigenvalue weighted by Crippen LogP contribution is 2.32. The van der Waals surface area contributed by atoms with Crippen LogP contribution in [0.25, 0.3) is 0 Å². The van der Waals surface area contributed by atoms with E-state index in [1.807, 2.05) is 42.2 Å². The van der Waals surface area contributed by atoms with Gasteiger partial charge in [-0.05, 0) is 25.0 Å². The van der Waals surface area contributed by atoms with Crippen LogP contribution in [0.1, 0.15) is 35.8 Å². The molecule has 0 radical (unpaired) electrons. The first kappa shape index (κ1) is 13.8. The molecule has 108 valence electrons. The Hall–Kier alpha value is -2.13. The fourth-order valence-corrected chi connectivity index (χ4v) is 2.86. The molecule has 1 saturated heterocycles. The molecule has 3 nitrogen and oxygen atoms in total. The summed E-state index contributed by atoms with van der Waals surface area (Å²) in [5.41, 5.74) is 3.38. The van der Waals surface area contributed by atoms with E-state index in [0.29, 0.717) is 6.54 Å². The van der Waals surface area contributed by atoms with Gasteiger partial charge < -0.3 is 4.90 Å². The topological polar surface area (TPSA) is 32.3 Å². The lowest BCUT2D eigenvalue weighted by molar-refractivity contribution is -0.130. The summed E-state index contributed by atoms with van der Waals surface area (Å²) in [4.78, 5) is 14.6. The molecule has 2 atom stereocenters. The summed E-state index contributed by atoms with van der Waals surface area (Å²) in [6.45, 7) is 4.79. The SMILES string of the molecule is CCN1C(=O)C(c2ccccc2)NC1c1ccc(C)cc1. The molecular weight excluding hydrogens is 260 g/mol. The van der Waals surface area contributed by atoms with Crippen molar-refractivity contribution in [2.45, 2.75) is 26.1 Å². The van der Waals surface area contributed by atoms with Crippen molar-refractivity contribution in [2.75, 3.05) is 6.54 Å². The van der Waals surface area contributed by atoms with E-state index in [-0.39, 0.29) is 18.1 Å². The smallest absolute Gasteiger partial charge is 0.245 e. The molecule has 0 saturated carbocycles. The molecular formula is C18H20N2O. The van der Waals surface area contributed by atoms with Gasteiger partial charge in [-0.1, -0.05) is 60.2 Å². The van der Waals surface area contributed by atoms with Gasteiger partial charge in [0.1, 0.15) is 12.2 Å². The Bertz CT molecular complexity index is 621. The van der Waals surface area contributed by atoms with E-state index < -0.39 is 0 Å². The first-order valence-electron chi connectivity index (χ1n) is 7.38. The second-order valence-corrected chi connectivity index (χ2v) is 5.45. The van der Waals surface area contributed by atoms with E-state index in [1.54, 1.807) is 0 Å². The molecule has 0 aliphatic carbocycles. The maximum Gasteiger partial charge on any atom is 0.245 e. The largest absolute Gasteiger partial charge is 0.322 e. The third kappa shape index (κ3) is 2.57. The molecule has 3 rings (SSSR count). The standard InChI is InChI=1S/C18H20N2O/c1-3-20-17(15-11-9-13(2)10-12-15)19-16(18(20)21)14-7-5-4-6-8-14/h4-12,16-17,19H,3H2,1-2H3. The fraction of sp³-hybridized carbons (Fsp3) is 0.278. The Balaban J connectivity index is 1.92. The van der Waals surface area contributed by atoms with Crippen LogP contribution in [0.3, 0.4) is 0 Å². The molecule has 2 aromatic rings. The molecule has 1 fully saturated rings. The van der Waals surface area contributed by atoms with Crippen LogP contribution in [-0.4, -0.2) is 17.4 Å². The van der Waals surface area contributed by atoms with Gasteiger partial charge in [0, 0.05) is 6.54 Å². The van der Waals surface area contributed by atoms with Gasteiger partial charge in [-0.15, -0.1) is 0 Å². The van der Waals surface area contributed by atoms with Crippen LogP contribution in [0, 0.1) is 6.92 Å². The molecule has 1 amide bonds. The van der Waals surface area contributed by atoms with Crippen molar-refractivity contribution < 1.29 is 4.79 Å². The van der Waals surface area contributed by atoms with Gasteiger partial charge in [-0.3, -0.25) is 10.1 Å². The zero-order chi connectivity index (χ0) is 14.8. The zero-order valence-electron chi connectivity index (χ0n) is 12.4. The van der Waals surface area contributed by atoms with Crippen molar-refractivity contribution in [3.63, 3.8) is 0 Å². The number of benzene rings is 2. The Morgan fingerprint density at radius 2 is 1.67 bits per heavy atom. The molecule has 2 unspecified atom stereocenters. The monoisotopic (exact) mass is 280 g/mol. The van der Waals surface area contributed by atoms with Crippen LogP contribution in [-0.2, 0) is 4.79 Å². The molecule has 2 aromatic carbocycles. The van der Waals surface area contributed by atoms with Crippen LogP contribution in [0.2, 0.25) is 0 Å². The fourth-order valence-electron chi connectivity index (χ4n) is 2.86. The molecule has 0 bridgehead atoms. The molecule has 1 aliphatic heterocycles. The summed E-state index contributed by atoms with van der Waals surface area (Å²) < 4.78 is 0. The number of amides is 1. The van der Waals surface area contributed by atoms with Crippen molar-refractivity contribution in [3.8, 4) is 0 Å². The molecule has 1 heterocycles. The molecule has 3 heteroatoms. The summed E-state index contributed by atoms with van der Waals surface area (Å²) in [6, 6.07) is 18.0. The molecule has 1 aliphatic rings. The first-order valence-corrected chi connectivity index (χ1v) is 7.38. The number of carbonyl (C=O) groups excluding carboxylic acids is 1. The van der Waals surface area contributed by atoms with Gasteiger partial charge in [-0.2, -0.15) is 0 Å². The predicted molar refractivity (Wildman–Crippen MR) is 83.6 cm³/mol. The molecule has 0 aromatic heterocycles. The van der Waals surface area contributed by atoms with Crippen molar-refractivity contribution in [2.24, 2.45) is 0 Å². The summed E-state index contributed by atoms with van der Waals surface area (Å²) in [5.74, 6) is 0.147. The predicted octanol–water partition coefficient (Wildman–Crippen LogP) is 3.19. The number of rotatable bonds is 3. The molecule has 21 heavy (non-hydrogen) atoms. The summed E-state index contributed by atoms with van der Waals surface area (Å²) in [6.07, 6.45) is -0.0479.